The molecule has 0 aliphatic heterocycles. The van der Waals surface area contributed by atoms with Crippen molar-refractivity contribution in [2.75, 3.05) is 19.7 Å². The van der Waals surface area contributed by atoms with Crippen molar-refractivity contribution < 1.29 is 4.74 Å². The molecule has 5 nitrogen and oxygen atoms in total. The fourth-order valence-electron chi connectivity index (χ4n) is 1.84. The Balaban J connectivity index is 0.00000264. The highest BCUT2D eigenvalue weighted by atomic mass is 127. The summed E-state index contributed by atoms with van der Waals surface area (Å²) in [6.07, 6.45) is 3.44. The second-order valence-corrected chi connectivity index (χ2v) is 6.04. The maximum atomic E-state index is 5.59. The molecule has 2 heterocycles. The molecule has 0 aromatic carbocycles. The quantitative estimate of drug-likeness (QED) is 0.297. The second kappa shape index (κ2) is 11.2. The molecular weight excluding hydrogens is 423 g/mol. The number of rotatable bonds is 7. The van der Waals surface area contributed by atoms with Crippen LogP contribution in [0.15, 0.2) is 41.7 Å². The number of guanidine groups is 1. The van der Waals surface area contributed by atoms with Crippen molar-refractivity contribution in [2.24, 2.45) is 4.99 Å². The Bertz CT molecular complexity index is 589. The van der Waals surface area contributed by atoms with E-state index in [0.29, 0.717) is 19.7 Å². The lowest BCUT2D eigenvalue weighted by atomic mass is 10.4. The van der Waals surface area contributed by atoms with Crippen molar-refractivity contribution >= 4 is 41.3 Å². The smallest absolute Gasteiger partial charge is 0.191 e. The summed E-state index contributed by atoms with van der Waals surface area (Å²) in [7, 11) is 0. The lowest BCUT2D eigenvalue weighted by molar-refractivity contribution is 0.320. The predicted molar refractivity (Wildman–Crippen MR) is 107 cm³/mol. The van der Waals surface area contributed by atoms with E-state index < -0.39 is 0 Å². The molecule has 0 spiro atoms. The summed E-state index contributed by atoms with van der Waals surface area (Å²) in [5.74, 6) is 1.59. The van der Waals surface area contributed by atoms with Crippen molar-refractivity contribution in [3.8, 4) is 5.75 Å². The van der Waals surface area contributed by atoms with Crippen LogP contribution < -0.4 is 15.4 Å². The molecule has 2 aromatic heterocycles. The van der Waals surface area contributed by atoms with Gasteiger partial charge in [0.1, 0.15) is 12.4 Å². The van der Waals surface area contributed by atoms with Crippen LogP contribution in [0.1, 0.15) is 16.7 Å². The molecule has 0 fully saturated rings. The minimum atomic E-state index is 0. The monoisotopic (exact) mass is 446 g/mol. The molecule has 7 heteroatoms. The fraction of sp³-hybridized carbons (Fsp3) is 0.375. The van der Waals surface area contributed by atoms with Gasteiger partial charge in [0.05, 0.1) is 19.3 Å². The molecule has 0 unspecified atom stereocenters. The third-order valence-electron chi connectivity index (χ3n) is 2.83. The average Bonchev–Trinajstić information content (AvgIpc) is 2.95. The van der Waals surface area contributed by atoms with E-state index in [2.05, 4.69) is 46.6 Å². The normalized spacial score (nSPS) is 10.8. The van der Waals surface area contributed by atoms with Crippen molar-refractivity contribution in [3.05, 3.63) is 46.4 Å². The molecule has 0 bridgehead atoms. The van der Waals surface area contributed by atoms with Crippen LogP contribution in [0, 0.1) is 6.92 Å². The highest BCUT2D eigenvalue weighted by Gasteiger charge is 1.99. The lowest BCUT2D eigenvalue weighted by Gasteiger charge is -2.11. The molecule has 0 aliphatic carbocycles. The minimum Gasteiger partial charge on any atom is -0.490 e. The number of pyridine rings is 1. The Kier molecular flexibility index (Phi) is 9.61. The Hall–Kier alpha value is -1.35. The predicted octanol–water partition coefficient (Wildman–Crippen LogP) is 3.20. The fourth-order valence-corrected chi connectivity index (χ4v) is 2.65. The zero-order chi connectivity index (χ0) is 15.6. The third-order valence-corrected chi connectivity index (χ3v) is 3.82. The summed E-state index contributed by atoms with van der Waals surface area (Å²) in [5.41, 5.74) is 0. The number of aryl methyl sites for hydroxylation is 1. The highest BCUT2D eigenvalue weighted by molar-refractivity contribution is 14.0. The summed E-state index contributed by atoms with van der Waals surface area (Å²) in [6.45, 7) is 6.93. The van der Waals surface area contributed by atoms with E-state index in [1.54, 1.807) is 23.7 Å². The summed E-state index contributed by atoms with van der Waals surface area (Å²) < 4.78 is 5.59. The third kappa shape index (κ3) is 7.65. The molecule has 0 radical (unpaired) electrons. The van der Waals surface area contributed by atoms with Crippen LogP contribution in [0.2, 0.25) is 0 Å². The number of aromatic nitrogens is 1. The van der Waals surface area contributed by atoms with E-state index in [4.69, 9.17) is 4.74 Å². The number of thiophene rings is 1. The lowest BCUT2D eigenvalue weighted by Crippen LogP contribution is -2.39. The molecule has 126 valence electrons. The number of aliphatic imine (C=N–C) groups is 1. The van der Waals surface area contributed by atoms with Gasteiger partial charge in [0, 0.05) is 22.5 Å². The first-order valence-electron chi connectivity index (χ1n) is 7.38. The minimum absolute atomic E-state index is 0. The molecular formula is C16H23IN4OS. The molecule has 0 atom stereocenters. The average molecular weight is 446 g/mol. The summed E-state index contributed by atoms with van der Waals surface area (Å²) in [6, 6.07) is 8.00. The first-order valence-corrected chi connectivity index (χ1v) is 8.20. The van der Waals surface area contributed by atoms with Gasteiger partial charge >= 0.3 is 0 Å². The Morgan fingerprint density at radius 1 is 1.30 bits per heavy atom. The highest BCUT2D eigenvalue weighted by Crippen LogP contribution is 2.15. The number of ether oxygens (including phenoxy) is 1. The van der Waals surface area contributed by atoms with E-state index in [0.717, 1.165) is 18.3 Å². The van der Waals surface area contributed by atoms with Gasteiger partial charge in [-0.05, 0) is 38.1 Å². The topological polar surface area (TPSA) is 58.5 Å². The van der Waals surface area contributed by atoms with E-state index >= 15 is 0 Å². The summed E-state index contributed by atoms with van der Waals surface area (Å²) in [4.78, 5) is 11.2. The SMILES string of the molecule is CCNC(=NCc1ccc(C)s1)NCCOc1cccnc1.I. The summed E-state index contributed by atoms with van der Waals surface area (Å²) in [5, 5.41) is 6.50. The van der Waals surface area contributed by atoms with Gasteiger partial charge in [-0.3, -0.25) is 4.98 Å². The van der Waals surface area contributed by atoms with Gasteiger partial charge in [0.15, 0.2) is 5.96 Å². The molecule has 0 aliphatic rings. The van der Waals surface area contributed by atoms with Crippen LogP contribution in [0.4, 0.5) is 0 Å². The van der Waals surface area contributed by atoms with Gasteiger partial charge in [-0.15, -0.1) is 35.3 Å². The van der Waals surface area contributed by atoms with E-state index in [1.165, 1.54) is 9.75 Å². The Morgan fingerprint density at radius 2 is 2.17 bits per heavy atom. The van der Waals surface area contributed by atoms with Gasteiger partial charge in [0.25, 0.3) is 0 Å². The second-order valence-electron chi connectivity index (χ2n) is 4.67. The van der Waals surface area contributed by atoms with Crippen LogP contribution in [-0.4, -0.2) is 30.6 Å². The number of nitrogens with one attached hydrogen (secondary N) is 2. The largest absolute Gasteiger partial charge is 0.490 e. The van der Waals surface area contributed by atoms with Gasteiger partial charge < -0.3 is 15.4 Å². The van der Waals surface area contributed by atoms with Crippen molar-refractivity contribution in [2.45, 2.75) is 20.4 Å². The zero-order valence-corrected chi connectivity index (χ0v) is 16.6. The van der Waals surface area contributed by atoms with E-state index in [9.17, 15) is 0 Å². The van der Waals surface area contributed by atoms with Crippen LogP contribution in [-0.2, 0) is 6.54 Å². The molecule has 0 saturated carbocycles. The van der Waals surface area contributed by atoms with Crippen molar-refractivity contribution in [1.29, 1.82) is 0 Å². The number of hydrogen-bond donors (Lipinski definition) is 2. The Morgan fingerprint density at radius 3 is 2.83 bits per heavy atom. The van der Waals surface area contributed by atoms with Crippen LogP contribution in [0.25, 0.3) is 0 Å². The molecule has 23 heavy (non-hydrogen) atoms. The molecule has 0 amide bonds. The van der Waals surface area contributed by atoms with Crippen LogP contribution in [0.3, 0.4) is 0 Å². The molecule has 0 saturated heterocycles. The first-order chi connectivity index (χ1) is 10.8. The summed E-state index contributed by atoms with van der Waals surface area (Å²) >= 11 is 1.78. The standard InChI is InChI=1S/C16H22N4OS.HI/c1-3-18-16(20-12-15-7-6-13(2)22-15)19-9-10-21-14-5-4-8-17-11-14;/h4-8,11H,3,9-10,12H2,1-2H3,(H2,18,19,20);1H. The maximum Gasteiger partial charge on any atom is 0.191 e. The van der Waals surface area contributed by atoms with Crippen molar-refractivity contribution in [3.63, 3.8) is 0 Å². The number of hydrogen-bond acceptors (Lipinski definition) is 4. The van der Waals surface area contributed by atoms with Gasteiger partial charge in [0.2, 0.25) is 0 Å². The van der Waals surface area contributed by atoms with Gasteiger partial charge in [-0.1, -0.05) is 0 Å². The molecule has 2 N–H and O–H groups in total. The first kappa shape index (κ1) is 19.7. The van der Waals surface area contributed by atoms with Crippen LogP contribution in [0.5, 0.6) is 5.75 Å². The van der Waals surface area contributed by atoms with Gasteiger partial charge in [-0.25, -0.2) is 4.99 Å². The molecule has 2 aromatic rings. The Labute approximate surface area is 158 Å². The van der Waals surface area contributed by atoms with E-state index in [-0.39, 0.29) is 24.0 Å². The number of halogens is 1. The van der Waals surface area contributed by atoms with Crippen molar-refractivity contribution in [1.82, 2.24) is 15.6 Å². The van der Waals surface area contributed by atoms with E-state index in [1.807, 2.05) is 12.1 Å². The number of nitrogens with zero attached hydrogens (tertiary/aromatic N) is 2. The zero-order valence-electron chi connectivity index (χ0n) is 13.4. The molecule has 2 rings (SSSR count). The van der Waals surface area contributed by atoms with Crippen LogP contribution >= 0.6 is 35.3 Å². The van der Waals surface area contributed by atoms with Gasteiger partial charge in [-0.2, -0.15) is 0 Å². The maximum absolute atomic E-state index is 5.59.